The number of ether oxygens (including phenoxy) is 1. The highest BCUT2D eigenvalue weighted by molar-refractivity contribution is 6.05. The molecule has 2 N–H and O–H groups in total. The van der Waals surface area contributed by atoms with Gasteiger partial charge in [0.05, 0.1) is 0 Å². The molecule has 0 aliphatic carbocycles. The first-order valence-corrected chi connectivity index (χ1v) is 10.1. The van der Waals surface area contributed by atoms with Gasteiger partial charge in [0.25, 0.3) is 11.8 Å². The molecular formula is C27H23FN2O3. The number of amides is 2. The first-order chi connectivity index (χ1) is 16.0. The van der Waals surface area contributed by atoms with Crippen LogP contribution in [0.5, 0.6) is 5.75 Å². The average Bonchev–Trinajstić information content (AvgIpc) is 2.84. The molecule has 0 fully saturated rings. The Kier molecular flexibility index (Phi) is 7.91. The number of benzene rings is 3. The molecule has 0 saturated carbocycles. The van der Waals surface area contributed by atoms with Crippen molar-refractivity contribution in [1.82, 2.24) is 10.6 Å². The highest BCUT2D eigenvalue weighted by Gasteiger charge is 2.15. The molecule has 3 aromatic carbocycles. The van der Waals surface area contributed by atoms with Crippen LogP contribution < -0.4 is 15.4 Å². The maximum atomic E-state index is 13.9. The molecule has 0 aliphatic rings. The molecule has 0 saturated heterocycles. The highest BCUT2D eigenvalue weighted by atomic mass is 19.1. The summed E-state index contributed by atoms with van der Waals surface area (Å²) in [4.78, 5) is 25.5. The molecule has 3 aromatic rings. The van der Waals surface area contributed by atoms with Gasteiger partial charge in [0.1, 0.15) is 23.0 Å². The van der Waals surface area contributed by atoms with E-state index >= 15 is 0 Å². The third-order valence-corrected chi connectivity index (χ3v) is 4.59. The second-order valence-corrected chi connectivity index (χ2v) is 6.99. The third kappa shape index (κ3) is 6.77. The van der Waals surface area contributed by atoms with Crippen LogP contribution in [-0.4, -0.2) is 11.8 Å². The monoisotopic (exact) mass is 442 g/mol. The van der Waals surface area contributed by atoms with E-state index in [-0.39, 0.29) is 12.2 Å². The number of carbonyl (C=O) groups excluding carboxylic acids is 2. The van der Waals surface area contributed by atoms with Crippen LogP contribution in [0.3, 0.4) is 0 Å². The van der Waals surface area contributed by atoms with E-state index in [1.807, 2.05) is 0 Å². The van der Waals surface area contributed by atoms with Gasteiger partial charge in [0, 0.05) is 17.7 Å². The topological polar surface area (TPSA) is 67.4 Å². The third-order valence-electron chi connectivity index (χ3n) is 4.59. The second kappa shape index (κ2) is 11.2. The molecule has 0 atom stereocenters. The van der Waals surface area contributed by atoms with Crippen molar-refractivity contribution in [3.63, 3.8) is 0 Å². The first-order valence-electron chi connectivity index (χ1n) is 10.1. The summed E-state index contributed by atoms with van der Waals surface area (Å²) in [5.41, 5.74) is 1.40. The maximum absolute atomic E-state index is 13.9. The summed E-state index contributed by atoms with van der Waals surface area (Å²) in [7, 11) is 0. The number of hydrogen-bond acceptors (Lipinski definition) is 3. The minimum Gasteiger partial charge on any atom is -0.458 e. The molecule has 6 heteroatoms. The SMILES string of the molecule is C=CC(=C)Oc1ccc(C=C(NC(=O)c2ccccc2)C(=O)NCc2ccccc2F)cc1. The molecule has 0 bridgehead atoms. The predicted octanol–water partition coefficient (Wildman–Crippen LogP) is 4.99. The fourth-order valence-corrected chi connectivity index (χ4v) is 2.85. The van der Waals surface area contributed by atoms with E-state index in [0.29, 0.717) is 28.2 Å². The molecule has 33 heavy (non-hydrogen) atoms. The van der Waals surface area contributed by atoms with Gasteiger partial charge in [-0.3, -0.25) is 9.59 Å². The lowest BCUT2D eigenvalue weighted by molar-refractivity contribution is -0.117. The van der Waals surface area contributed by atoms with E-state index in [9.17, 15) is 14.0 Å². The van der Waals surface area contributed by atoms with E-state index in [1.165, 1.54) is 18.2 Å². The van der Waals surface area contributed by atoms with E-state index < -0.39 is 17.6 Å². The molecule has 5 nitrogen and oxygen atoms in total. The van der Waals surface area contributed by atoms with Crippen molar-refractivity contribution in [2.45, 2.75) is 6.54 Å². The standard InChI is InChI=1S/C27H23FN2O3/c1-3-19(2)33-23-15-13-20(14-16-23)17-25(30-26(31)21-9-5-4-6-10-21)27(32)29-18-22-11-7-8-12-24(22)28/h3-17H,1-2,18H2,(H,29,32)(H,30,31). The molecule has 0 aliphatic heterocycles. The molecule has 0 heterocycles. The Hall–Kier alpha value is -4.45. The number of carbonyl (C=O) groups is 2. The minimum atomic E-state index is -0.553. The van der Waals surface area contributed by atoms with Gasteiger partial charge in [-0.2, -0.15) is 0 Å². The number of allylic oxidation sites excluding steroid dienone is 1. The molecule has 0 unspecified atom stereocenters. The summed E-state index contributed by atoms with van der Waals surface area (Å²) >= 11 is 0. The summed E-state index contributed by atoms with van der Waals surface area (Å²) < 4.78 is 19.4. The molecule has 0 radical (unpaired) electrons. The summed E-state index contributed by atoms with van der Waals surface area (Å²) in [6.07, 6.45) is 3.02. The Morgan fingerprint density at radius 2 is 1.61 bits per heavy atom. The zero-order chi connectivity index (χ0) is 23.6. The zero-order valence-electron chi connectivity index (χ0n) is 17.9. The van der Waals surface area contributed by atoms with Crippen LogP contribution >= 0.6 is 0 Å². The highest BCUT2D eigenvalue weighted by Crippen LogP contribution is 2.17. The van der Waals surface area contributed by atoms with Gasteiger partial charge >= 0.3 is 0 Å². The van der Waals surface area contributed by atoms with Gasteiger partial charge < -0.3 is 15.4 Å². The molecule has 0 aromatic heterocycles. The quantitative estimate of drug-likeness (QED) is 0.279. The minimum absolute atomic E-state index is 0.0179. The van der Waals surface area contributed by atoms with E-state index in [2.05, 4.69) is 23.8 Å². The van der Waals surface area contributed by atoms with Crippen LogP contribution in [0.4, 0.5) is 4.39 Å². The number of halogens is 1. The summed E-state index contributed by atoms with van der Waals surface area (Å²) in [6, 6.07) is 21.5. The van der Waals surface area contributed by atoms with Crippen LogP contribution in [0.1, 0.15) is 21.5 Å². The van der Waals surface area contributed by atoms with Gasteiger partial charge in [-0.25, -0.2) is 4.39 Å². The Labute approximate surface area is 191 Å². The van der Waals surface area contributed by atoms with Crippen LogP contribution in [0.25, 0.3) is 6.08 Å². The Morgan fingerprint density at radius 1 is 0.939 bits per heavy atom. The maximum Gasteiger partial charge on any atom is 0.268 e. The molecule has 0 spiro atoms. The van der Waals surface area contributed by atoms with E-state index in [1.54, 1.807) is 72.8 Å². The molecule has 3 rings (SSSR count). The second-order valence-electron chi connectivity index (χ2n) is 6.99. The molecule has 2 amide bonds. The smallest absolute Gasteiger partial charge is 0.268 e. The van der Waals surface area contributed by atoms with Crippen molar-refractivity contribution in [1.29, 1.82) is 0 Å². The predicted molar refractivity (Wildman–Crippen MR) is 127 cm³/mol. The van der Waals surface area contributed by atoms with Gasteiger partial charge in [-0.05, 0) is 48.0 Å². The van der Waals surface area contributed by atoms with Crippen LogP contribution in [0.15, 0.2) is 110 Å². The van der Waals surface area contributed by atoms with Gasteiger partial charge in [-0.1, -0.05) is 61.7 Å². The lowest BCUT2D eigenvalue weighted by Gasteiger charge is -2.12. The summed E-state index contributed by atoms with van der Waals surface area (Å²) in [5, 5.41) is 5.30. The first kappa shape index (κ1) is 23.2. The van der Waals surface area contributed by atoms with Crippen LogP contribution in [0.2, 0.25) is 0 Å². The van der Waals surface area contributed by atoms with Crippen LogP contribution in [-0.2, 0) is 11.3 Å². The van der Waals surface area contributed by atoms with E-state index in [0.717, 1.165) is 0 Å². The fourth-order valence-electron chi connectivity index (χ4n) is 2.85. The Morgan fingerprint density at radius 3 is 2.27 bits per heavy atom. The molecular weight excluding hydrogens is 419 g/mol. The molecule has 166 valence electrons. The van der Waals surface area contributed by atoms with Gasteiger partial charge in [-0.15, -0.1) is 0 Å². The van der Waals surface area contributed by atoms with Crippen molar-refractivity contribution < 1.29 is 18.7 Å². The van der Waals surface area contributed by atoms with Crippen molar-refractivity contribution in [3.05, 3.63) is 132 Å². The van der Waals surface area contributed by atoms with Gasteiger partial charge in [0.2, 0.25) is 0 Å². The largest absolute Gasteiger partial charge is 0.458 e. The number of hydrogen-bond donors (Lipinski definition) is 2. The van der Waals surface area contributed by atoms with Crippen LogP contribution in [0, 0.1) is 5.82 Å². The number of nitrogens with one attached hydrogen (secondary N) is 2. The normalized spacial score (nSPS) is 10.8. The summed E-state index contributed by atoms with van der Waals surface area (Å²) in [5.74, 6) is -0.459. The van der Waals surface area contributed by atoms with E-state index in [4.69, 9.17) is 4.74 Å². The zero-order valence-corrected chi connectivity index (χ0v) is 17.9. The fraction of sp³-hybridized carbons (Fsp3) is 0.0370. The number of rotatable bonds is 9. The Balaban J connectivity index is 1.81. The van der Waals surface area contributed by atoms with Crippen molar-refractivity contribution >= 4 is 17.9 Å². The van der Waals surface area contributed by atoms with Gasteiger partial charge in [0.15, 0.2) is 0 Å². The average molecular weight is 442 g/mol. The lowest BCUT2D eigenvalue weighted by Crippen LogP contribution is -2.34. The van der Waals surface area contributed by atoms with Crippen molar-refractivity contribution in [2.24, 2.45) is 0 Å². The lowest BCUT2D eigenvalue weighted by atomic mass is 10.1. The Bertz CT molecular complexity index is 1190. The van der Waals surface area contributed by atoms with Crippen molar-refractivity contribution in [2.75, 3.05) is 0 Å². The van der Waals surface area contributed by atoms with Crippen molar-refractivity contribution in [3.8, 4) is 5.75 Å². The summed E-state index contributed by atoms with van der Waals surface area (Å²) in [6.45, 7) is 7.26.